The first-order valence-electron chi connectivity index (χ1n) is 8.51. The normalized spacial score (nSPS) is 10.4. The summed E-state index contributed by atoms with van der Waals surface area (Å²) in [4.78, 5) is 0. The number of aromatic nitrogens is 2. The van der Waals surface area contributed by atoms with Crippen molar-refractivity contribution >= 4 is 11.7 Å². The molecule has 4 aromatic rings. The van der Waals surface area contributed by atoms with E-state index in [4.69, 9.17) is 4.42 Å². The number of hydrogen-bond donors (Lipinski definition) is 1. The quantitative estimate of drug-likeness (QED) is 0.537. The zero-order valence-electron chi connectivity index (χ0n) is 14.7. The standard InChI is InChI=1S/C22H16N4O/c1-15-12-13-19(26-25-15)24-22-18(14-23)20(16-8-4-2-5-9-16)21(27-22)17-10-6-3-7-11-17/h2-13H,1H3,(H,24,26). The summed E-state index contributed by atoms with van der Waals surface area (Å²) in [7, 11) is 0. The minimum absolute atomic E-state index is 0.355. The van der Waals surface area contributed by atoms with Crippen LogP contribution in [-0.2, 0) is 0 Å². The van der Waals surface area contributed by atoms with Crippen molar-refractivity contribution < 1.29 is 4.42 Å². The lowest BCUT2D eigenvalue weighted by atomic mass is 9.98. The second kappa shape index (κ2) is 7.14. The number of anilines is 2. The summed E-state index contributed by atoms with van der Waals surface area (Å²) >= 11 is 0. The van der Waals surface area contributed by atoms with Crippen LogP contribution >= 0.6 is 0 Å². The van der Waals surface area contributed by atoms with E-state index in [0.717, 1.165) is 22.4 Å². The Labute approximate surface area is 156 Å². The van der Waals surface area contributed by atoms with Crippen molar-refractivity contribution in [2.24, 2.45) is 0 Å². The van der Waals surface area contributed by atoms with Gasteiger partial charge in [-0.15, -0.1) is 5.10 Å². The summed E-state index contributed by atoms with van der Waals surface area (Å²) in [5.74, 6) is 1.51. The van der Waals surface area contributed by atoms with Crippen molar-refractivity contribution in [3.8, 4) is 28.5 Å². The second-order valence-corrected chi connectivity index (χ2v) is 6.04. The first-order chi connectivity index (χ1) is 13.3. The Balaban J connectivity index is 1.89. The van der Waals surface area contributed by atoms with Crippen molar-refractivity contribution in [2.75, 3.05) is 5.32 Å². The van der Waals surface area contributed by atoms with Gasteiger partial charge in [-0.3, -0.25) is 0 Å². The number of hydrogen-bond acceptors (Lipinski definition) is 5. The smallest absolute Gasteiger partial charge is 0.217 e. The van der Waals surface area contributed by atoms with Gasteiger partial charge in [0.2, 0.25) is 5.88 Å². The van der Waals surface area contributed by atoms with Crippen molar-refractivity contribution in [2.45, 2.75) is 6.92 Å². The molecular formula is C22H16N4O. The molecule has 2 aromatic carbocycles. The zero-order valence-corrected chi connectivity index (χ0v) is 14.7. The number of nitriles is 1. The molecule has 27 heavy (non-hydrogen) atoms. The topological polar surface area (TPSA) is 74.7 Å². The average molecular weight is 352 g/mol. The van der Waals surface area contributed by atoms with E-state index in [1.54, 1.807) is 6.07 Å². The van der Waals surface area contributed by atoms with E-state index >= 15 is 0 Å². The molecule has 0 aliphatic carbocycles. The molecule has 1 N–H and O–H groups in total. The summed E-state index contributed by atoms with van der Waals surface area (Å²) < 4.78 is 6.11. The average Bonchev–Trinajstić information content (AvgIpc) is 3.09. The molecule has 0 unspecified atom stereocenters. The van der Waals surface area contributed by atoms with E-state index < -0.39 is 0 Å². The van der Waals surface area contributed by atoms with E-state index in [2.05, 4.69) is 21.6 Å². The van der Waals surface area contributed by atoms with Crippen LogP contribution in [0.1, 0.15) is 11.3 Å². The molecule has 0 saturated carbocycles. The lowest BCUT2D eigenvalue weighted by Crippen LogP contribution is -1.96. The summed E-state index contributed by atoms with van der Waals surface area (Å²) in [5, 5.41) is 21.1. The Bertz CT molecular complexity index is 1100. The van der Waals surface area contributed by atoms with Gasteiger partial charge < -0.3 is 9.73 Å². The van der Waals surface area contributed by atoms with Gasteiger partial charge in [0, 0.05) is 11.1 Å². The van der Waals surface area contributed by atoms with E-state index in [0.29, 0.717) is 23.0 Å². The minimum Gasteiger partial charge on any atom is -0.438 e. The Kier molecular flexibility index (Phi) is 4.38. The van der Waals surface area contributed by atoms with Crippen LogP contribution < -0.4 is 5.32 Å². The third kappa shape index (κ3) is 3.29. The molecule has 5 nitrogen and oxygen atoms in total. The molecule has 0 atom stereocenters. The lowest BCUT2D eigenvalue weighted by Gasteiger charge is -2.03. The van der Waals surface area contributed by atoms with Crippen molar-refractivity contribution in [3.05, 3.63) is 84.1 Å². The fourth-order valence-electron chi connectivity index (χ4n) is 2.88. The number of aryl methyl sites for hydroxylation is 1. The molecular weight excluding hydrogens is 336 g/mol. The Morgan fingerprint density at radius 2 is 1.52 bits per heavy atom. The monoisotopic (exact) mass is 352 g/mol. The number of rotatable bonds is 4. The maximum atomic E-state index is 9.86. The van der Waals surface area contributed by atoms with Gasteiger partial charge >= 0.3 is 0 Å². The third-order valence-electron chi connectivity index (χ3n) is 4.16. The van der Waals surface area contributed by atoms with Crippen molar-refractivity contribution in [1.82, 2.24) is 10.2 Å². The minimum atomic E-state index is 0.355. The van der Waals surface area contributed by atoms with Gasteiger partial charge in [0.05, 0.1) is 5.69 Å². The molecule has 0 aliphatic rings. The highest BCUT2D eigenvalue weighted by molar-refractivity contribution is 5.88. The summed E-state index contributed by atoms with van der Waals surface area (Å²) in [6, 6.07) is 25.4. The summed E-state index contributed by atoms with van der Waals surface area (Å²) in [6.45, 7) is 1.87. The third-order valence-corrected chi connectivity index (χ3v) is 4.16. The fraction of sp³-hybridized carbons (Fsp3) is 0.0455. The van der Waals surface area contributed by atoms with Gasteiger partial charge in [0.25, 0.3) is 0 Å². The van der Waals surface area contributed by atoms with Crippen LogP contribution in [0, 0.1) is 18.3 Å². The Morgan fingerprint density at radius 3 is 2.11 bits per heavy atom. The van der Waals surface area contributed by atoms with Gasteiger partial charge in [-0.2, -0.15) is 10.4 Å². The maximum absolute atomic E-state index is 9.86. The second-order valence-electron chi connectivity index (χ2n) is 6.04. The van der Waals surface area contributed by atoms with E-state index in [-0.39, 0.29) is 0 Å². The summed E-state index contributed by atoms with van der Waals surface area (Å²) in [6.07, 6.45) is 0. The maximum Gasteiger partial charge on any atom is 0.217 e. The zero-order chi connectivity index (χ0) is 18.6. The molecule has 2 heterocycles. The molecule has 5 heteroatoms. The summed E-state index contributed by atoms with van der Waals surface area (Å²) in [5.41, 5.74) is 3.82. The van der Waals surface area contributed by atoms with Crippen molar-refractivity contribution in [3.63, 3.8) is 0 Å². The van der Waals surface area contributed by atoms with Gasteiger partial charge in [0.15, 0.2) is 5.82 Å². The van der Waals surface area contributed by atoms with Crippen LogP contribution in [0.5, 0.6) is 0 Å². The first kappa shape index (κ1) is 16.6. The molecule has 130 valence electrons. The molecule has 0 radical (unpaired) electrons. The van der Waals surface area contributed by atoms with Gasteiger partial charge in [-0.1, -0.05) is 60.7 Å². The molecule has 0 bridgehead atoms. The van der Waals surface area contributed by atoms with Crippen LogP contribution in [0.4, 0.5) is 11.7 Å². The van der Waals surface area contributed by atoms with E-state index in [1.807, 2.05) is 73.7 Å². The molecule has 0 aliphatic heterocycles. The van der Waals surface area contributed by atoms with Crippen LogP contribution in [0.3, 0.4) is 0 Å². The van der Waals surface area contributed by atoms with Crippen LogP contribution in [0.2, 0.25) is 0 Å². The largest absolute Gasteiger partial charge is 0.438 e. The number of furan rings is 1. The number of benzene rings is 2. The molecule has 0 saturated heterocycles. The van der Waals surface area contributed by atoms with Crippen molar-refractivity contribution in [1.29, 1.82) is 5.26 Å². The molecule has 4 rings (SSSR count). The lowest BCUT2D eigenvalue weighted by molar-refractivity contribution is 0.599. The number of nitrogens with one attached hydrogen (secondary N) is 1. The van der Waals surface area contributed by atoms with Gasteiger partial charge in [-0.25, -0.2) is 0 Å². The predicted octanol–water partition coefficient (Wildman–Crippen LogP) is 5.33. The molecule has 2 aromatic heterocycles. The fourth-order valence-corrected chi connectivity index (χ4v) is 2.88. The van der Waals surface area contributed by atoms with Crippen LogP contribution in [-0.4, -0.2) is 10.2 Å². The highest BCUT2D eigenvalue weighted by Crippen LogP contribution is 2.41. The Hall–Kier alpha value is -3.91. The van der Waals surface area contributed by atoms with Crippen LogP contribution in [0.25, 0.3) is 22.5 Å². The van der Waals surface area contributed by atoms with E-state index in [1.165, 1.54) is 0 Å². The number of nitrogens with zero attached hydrogens (tertiary/aromatic N) is 3. The van der Waals surface area contributed by atoms with Crippen LogP contribution in [0.15, 0.2) is 77.2 Å². The van der Waals surface area contributed by atoms with Gasteiger partial charge in [-0.05, 0) is 24.6 Å². The predicted molar refractivity (Wildman–Crippen MR) is 104 cm³/mol. The SMILES string of the molecule is Cc1ccc(Nc2oc(-c3ccccc3)c(-c3ccccc3)c2C#N)nn1. The first-order valence-corrected chi connectivity index (χ1v) is 8.51. The van der Waals surface area contributed by atoms with E-state index in [9.17, 15) is 5.26 Å². The van der Waals surface area contributed by atoms with Gasteiger partial charge in [0.1, 0.15) is 17.4 Å². The Morgan fingerprint density at radius 1 is 0.852 bits per heavy atom. The molecule has 0 fully saturated rings. The highest BCUT2D eigenvalue weighted by atomic mass is 16.4. The molecule has 0 spiro atoms. The molecule has 0 amide bonds. The highest BCUT2D eigenvalue weighted by Gasteiger charge is 2.23.